The molecule has 0 spiro atoms. The highest BCUT2D eigenvalue weighted by molar-refractivity contribution is 6.10. The molecule has 5 aromatic rings. The second-order valence-corrected chi connectivity index (χ2v) is 8.07. The Morgan fingerprint density at radius 3 is 2.29 bits per heavy atom. The Balaban J connectivity index is 1.48. The van der Waals surface area contributed by atoms with E-state index in [1.165, 1.54) is 0 Å². The third kappa shape index (κ3) is 4.15. The van der Waals surface area contributed by atoms with Crippen molar-refractivity contribution in [1.29, 1.82) is 0 Å². The van der Waals surface area contributed by atoms with Gasteiger partial charge in [-0.2, -0.15) is 0 Å². The molecule has 0 aliphatic carbocycles. The minimum absolute atomic E-state index is 0.257. The van der Waals surface area contributed by atoms with Gasteiger partial charge >= 0.3 is 0 Å². The van der Waals surface area contributed by atoms with Gasteiger partial charge in [-0.05, 0) is 41.8 Å². The molecule has 0 bridgehead atoms. The van der Waals surface area contributed by atoms with Crippen LogP contribution in [-0.4, -0.2) is 34.1 Å². The number of nitrogen functional groups attached to an aromatic ring is 1. The van der Waals surface area contributed by atoms with Crippen molar-refractivity contribution < 1.29 is 9.53 Å². The largest absolute Gasteiger partial charge is 0.497 e. The molecule has 0 radical (unpaired) electrons. The molecule has 0 aliphatic heterocycles. The first-order valence-electron chi connectivity index (χ1n) is 11.1. The highest BCUT2D eigenvalue weighted by Crippen LogP contribution is 2.28. The van der Waals surface area contributed by atoms with Gasteiger partial charge in [0, 0.05) is 6.54 Å². The van der Waals surface area contributed by atoms with Gasteiger partial charge in [-0.25, -0.2) is 9.97 Å². The van der Waals surface area contributed by atoms with Crippen LogP contribution in [0.3, 0.4) is 0 Å². The van der Waals surface area contributed by atoms with Crippen LogP contribution in [0.15, 0.2) is 78.9 Å². The summed E-state index contributed by atoms with van der Waals surface area (Å²) in [5, 5.41) is 3.00. The number of benzene rings is 3. The molecule has 3 N–H and O–H groups in total. The molecule has 2 aromatic heterocycles. The quantitative estimate of drug-likeness (QED) is 0.387. The van der Waals surface area contributed by atoms with Crippen molar-refractivity contribution in [3.8, 4) is 5.75 Å². The number of para-hydroxylation sites is 2. The number of nitrogens with zero attached hydrogens (tertiary/aromatic N) is 3. The summed E-state index contributed by atoms with van der Waals surface area (Å²) in [7, 11) is 1.64. The van der Waals surface area contributed by atoms with Crippen molar-refractivity contribution in [3.63, 3.8) is 0 Å². The predicted octanol–water partition coefficient (Wildman–Crippen LogP) is 4.20. The van der Waals surface area contributed by atoms with Crippen molar-refractivity contribution in [1.82, 2.24) is 19.9 Å². The Morgan fingerprint density at radius 1 is 0.912 bits per heavy atom. The molecule has 7 nitrogen and oxygen atoms in total. The average Bonchev–Trinajstić information content (AvgIpc) is 3.13. The molecule has 3 aromatic carbocycles. The fourth-order valence-corrected chi connectivity index (χ4v) is 4.07. The van der Waals surface area contributed by atoms with Crippen molar-refractivity contribution in [2.24, 2.45) is 0 Å². The lowest BCUT2D eigenvalue weighted by molar-refractivity contribution is 0.0956. The number of methoxy groups -OCH3 is 1. The van der Waals surface area contributed by atoms with Gasteiger partial charge in [-0.3, -0.25) is 4.79 Å². The van der Waals surface area contributed by atoms with Gasteiger partial charge in [-0.1, -0.05) is 54.6 Å². The van der Waals surface area contributed by atoms with Crippen LogP contribution < -0.4 is 15.8 Å². The van der Waals surface area contributed by atoms with Crippen molar-refractivity contribution >= 4 is 33.9 Å². The molecule has 0 atom stereocenters. The van der Waals surface area contributed by atoms with Crippen LogP contribution in [-0.2, 0) is 13.0 Å². The van der Waals surface area contributed by atoms with E-state index in [1.807, 2.05) is 83.4 Å². The number of ether oxygens (including phenoxy) is 1. The molecule has 0 saturated heterocycles. The zero-order valence-electron chi connectivity index (χ0n) is 18.9. The fourth-order valence-electron chi connectivity index (χ4n) is 4.07. The van der Waals surface area contributed by atoms with E-state index in [0.29, 0.717) is 42.1 Å². The Hall–Kier alpha value is -4.39. The smallest absolute Gasteiger partial charge is 0.257 e. The Morgan fingerprint density at radius 2 is 1.59 bits per heavy atom. The second kappa shape index (κ2) is 9.23. The lowest BCUT2D eigenvalue weighted by Crippen LogP contribution is -2.26. The minimum atomic E-state index is -0.257. The third-order valence-electron chi connectivity index (χ3n) is 5.86. The molecule has 0 aliphatic rings. The fraction of sp³-hybridized carbons (Fsp3) is 0.148. The van der Waals surface area contributed by atoms with Gasteiger partial charge in [0.15, 0.2) is 5.65 Å². The van der Waals surface area contributed by atoms with Gasteiger partial charge < -0.3 is 20.4 Å². The molecule has 170 valence electrons. The van der Waals surface area contributed by atoms with Crippen LogP contribution in [0, 0.1) is 0 Å². The summed E-state index contributed by atoms with van der Waals surface area (Å²) < 4.78 is 7.06. The molecule has 2 heterocycles. The summed E-state index contributed by atoms with van der Waals surface area (Å²) in [6.45, 7) is 0.965. The topological polar surface area (TPSA) is 95.1 Å². The van der Waals surface area contributed by atoms with Crippen LogP contribution in [0.4, 0.5) is 5.82 Å². The standard InChI is InChI=1S/C27H25N5O2/c1-34-20-13-11-18(12-14-20)15-16-29-27(33)23-24-26(31-22-10-6-5-9-21(22)30-24)32(25(23)28)17-19-7-3-2-4-8-19/h2-14H,15-17,28H2,1H3,(H,29,33). The number of hydrogen-bond donors (Lipinski definition) is 2. The highest BCUT2D eigenvalue weighted by atomic mass is 16.5. The maximum Gasteiger partial charge on any atom is 0.257 e. The monoisotopic (exact) mass is 451 g/mol. The molecular formula is C27H25N5O2. The summed E-state index contributed by atoms with van der Waals surface area (Å²) in [6.07, 6.45) is 0.687. The van der Waals surface area contributed by atoms with Gasteiger partial charge in [0.25, 0.3) is 5.91 Å². The summed E-state index contributed by atoms with van der Waals surface area (Å²) in [6, 6.07) is 25.4. The Kier molecular flexibility index (Phi) is 5.82. The van der Waals surface area contributed by atoms with Gasteiger partial charge in [0.05, 0.1) is 24.7 Å². The maximum atomic E-state index is 13.3. The van der Waals surface area contributed by atoms with Gasteiger partial charge in [-0.15, -0.1) is 0 Å². The summed E-state index contributed by atoms with van der Waals surface area (Å²) >= 11 is 0. The number of carbonyl (C=O) groups excluding carboxylic acids is 1. The van der Waals surface area contributed by atoms with Gasteiger partial charge in [0.1, 0.15) is 22.6 Å². The molecule has 1 amide bonds. The van der Waals surface area contributed by atoms with Crippen LogP contribution in [0.2, 0.25) is 0 Å². The van der Waals surface area contributed by atoms with Crippen LogP contribution in [0.5, 0.6) is 5.75 Å². The van der Waals surface area contributed by atoms with Crippen molar-refractivity contribution in [2.45, 2.75) is 13.0 Å². The van der Waals surface area contributed by atoms with E-state index < -0.39 is 0 Å². The van der Waals surface area contributed by atoms with E-state index in [-0.39, 0.29) is 5.91 Å². The first kappa shape index (κ1) is 21.5. The molecular weight excluding hydrogens is 426 g/mol. The average molecular weight is 452 g/mol. The van der Waals surface area contributed by atoms with E-state index in [1.54, 1.807) is 7.11 Å². The Bertz CT molecular complexity index is 1460. The van der Waals surface area contributed by atoms with Crippen LogP contribution >= 0.6 is 0 Å². The number of hydrogen-bond acceptors (Lipinski definition) is 5. The summed E-state index contributed by atoms with van der Waals surface area (Å²) in [5.74, 6) is 0.904. The number of aromatic nitrogens is 3. The normalized spacial score (nSPS) is 11.1. The SMILES string of the molecule is COc1ccc(CCNC(=O)c2c(N)n(Cc3ccccc3)c3nc4ccccc4nc23)cc1. The summed E-state index contributed by atoms with van der Waals surface area (Å²) in [5.41, 5.74) is 11.7. The molecule has 0 saturated carbocycles. The number of anilines is 1. The molecule has 7 heteroatoms. The third-order valence-corrected chi connectivity index (χ3v) is 5.86. The number of nitrogens with two attached hydrogens (primary N) is 1. The maximum absolute atomic E-state index is 13.3. The number of fused-ring (bicyclic) bond motifs is 2. The lowest BCUT2D eigenvalue weighted by Gasteiger charge is -2.09. The highest BCUT2D eigenvalue weighted by Gasteiger charge is 2.24. The minimum Gasteiger partial charge on any atom is -0.497 e. The van der Waals surface area contributed by atoms with E-state index >= 15 is 0 Å². The Labute approximate surface area is 197 Å². The first-order chi connectivity index (χ1) is 16.6. The number of carbonyl (C=O) groups is 1. The zero-order chi connectivity index (χ0) is 23.5. The number of amides is 1. The van der Waals surface area contributed by atoms with Gasteiger partial charge in [0.2, 0.25) is 0 Å². The molecule has 0 unspecified atom stereocenters. The molecule has 5 rings (SSSR count). The number of nitrogens with one attached hydrogen (secondary N) is 1. The first-order valence-corrected chi connectivity index (χ1v) is 11.1. The summed E-state index contributed by atoms with van der Waals surface area (Å²) in [4.78, 5) is 22.9. The zero-order valence-corrected chi connectivity index (χ0v) is 18.9. The van der Waals surface area contributed by atoms with E-state index in [4.69, 9.17) is 20.4 Å². The van der Waals surface area contributed by atoms with Crippen molar-refractivity contribution in [2.75, 3.05) is 19.4 Å². The molecule has 0 fully saturated rings. The lowest BCUT2D eigenvalue weighted by atomic mass is 10.1. The van der Waals surface area contributed by atoms with Crippen LogP contribution in [0.1, 0.15) is 21.5 Å². The van der Waals surface area contributed by atoms with E-state index in [9.17, 15) is 4.79 Å². The second-order valence-electron chi connectivity index (χ2n) is 8.07. The number of rotatable bonds is 7. The van der Waals surface area contributed by atoms with Crippen molar-refractivity contribution in [3.05, 3.63) is 95.6 Å². The van der Waals surface area contributed by atoms with Crippen LogP contribution in [0.25, 0.3) is 22.2 Å². The predicted molar refractivity (Wildman–Crippen MR) is 134 cm³/mol. The molecule has 34 heavy (non-hydrogen) atoms. The van der Waals surface area contributed by atoms with E-state index in [2.05, 4.69) is 5.32 Å². The van der Waals surface area contributed by atoms with E-state index in [0.717, 1.165) is 27.9 Å².